The Bertz CT molecular complexity index is 789. The predicted molar refractivity (Wildman–Crippen MR) is 90.0 cm³/mol. The van der Waals surface area contributed by atoms with Gasteiger partial charge in [-0.1, -0.05) is 37.8 Å². The Kier molecular flexibility index (Phi) is 5.00. The summed E-state index contributed by atoms with van der Waals surface area (Å²) >= 11 is 0. The van der Waals surface area contributed by atoms with Crippen LogP contribution in [0.15, 0.2) is 30.5 Å². The van der Waals surface area contributed by atoms with Crippen LogP contribution in [0.5, 0.6) is 0 Å². The Morgan fingerprint density at radius 2 is 2.17 bits per heavy atom. The zero-order valence-corrected chi connectivity index (χ0v) is 13.7. The molecule has 4 heteroatoms. The minimum absolute atomic E-state index is 0.333. The van der Waals surface area contributed by atoms with E-state index in [1.54, 1.807) is 24.4 Å². The highest BCUT2D eigenvalue weighted by molar-refractivity contribution is 5.81. The molecule has 3 nitrogen and oxygen atoms in total. The van der Waals surface area contributed by atoms with Crippen LogP contribution >= 0.6 is 0 Å². The van der Waals surface area contributed by atoms with Crippen LogP contribution in [0.25, 0.3) is 10.9 Å². The lowest BCUT2D eigenvalue weighted by Gasteiger charge is -2.25. The molecule has 2 N–H and O–H groups in total. The molecule has 0 aliphatic heterocycles. The number of hydrogen-bond acceptors (Lipinski definition) is 2. The molecule has 0 fully saturated rings. The van der Waals surface area contributed by atoms with E-state index in [1.165, 1.54) is 6.07 Å². The third-order valence-corrected chi connectivity index (χ3v) is 3.83. The molecule has 2 rings (SSSR count). The van der Waals surface area contributed by atoms with E-state index in [0.29, 0.717) is 35.2 Å². The number of fused-ring (bicyclic) bond motifs is 1. The SMILES string of the molecule is CC(C)CC(C)(CC#Cc1cnc2c(F)cccc2c1)C(N)=O. The minimum Gasteiger partial charge on any atom is -0.369 e. The van der Waals surface area contributed by atoms with Crippen LogP contribution in [-0.2, 0) is 4.79 Å². The maximum atomic E-state index is 13.6. The van der Waals surface area contributed by atoms with E-state index in [1.807, 2.05) is 6.92 Å². The zero-order chi connectivity index (χ0) is 17.0. The third kappa shape index (κ3) is 4.07. The van der Waals surface area contributed by atoms with E-state index in [4.69, 9.17) is 5.73 Å². The molecule has 120 valence electrons. The normalized spacial score (nSPS) is 13.4. The smallest absolute Gasteiger partial charge is 0.224 e. The fourth-order valence-electron chi connectivity index (χ4n) is 2.69. The van der Waals surface area contributed by atoms with Gasteiger partial charge >= 0.3 is 0 Å². The number of pyridine rings is 1. The van der Waals surface area contributed by atoms with Gasteiger partial charge in [0.2, 0.25) is 5.91 Å². The molecule has 1 aromatic heterocycles. The van der Waals surface area contributed by atoms with Crippen molar-refractivity contribution in [2.75, 3.05) is 0 Å². The maximum Gasteiger partial charge on any atom is 0.224 e. The van der Waals surface area contributed by atoms with Crippen molar-refractivity contribution in [1.82, 2.24) is 4.98 Å². The summed E-state index contributed by atoms with van der Waals surface area (Å²) in [6.07, 6.45) is 2.63. The Morgan fingerprint density at radius 1 is 1.43 bits per heavy atom. The van der Waals surface area contributed by atoms with Gasteiger partial charge in [0.15, 0.2) is 0 Å². The Morgan fingerprint density at radius 3 is 2.83 bits per heavy atom. The Hall–Kier alpha value is -2.41. The van der Waals surface area contributed by atoms with E-state index < -0.39 is 5.41 Å². The van der Waals surface area contributed by atoms with Crippen molar-refractivity contribution in [2.45, 2.75) is 33.6 Å². The number of primary amides is 1. The van der Waals surface area contributed by atoms with Gasteiger partial charge in [-0.2, -0.15) is 0 Å². The first kappa shape index (κ1) is 17.0. The second-order valence-electron chi connectivity index (χ2n) is 6.54. The summed E-state index contributed by atoms with van der Waals surface area (Å²) < 4.78 is 13.6. The summed E-state index contributed by atoms with van der Waals surface area (Å²) in [6, 6.07) is 6.61. The van der Waals surface area contributed by atoms with E-state index in [-0.39, 0.29) is 11.7 Å². The van der Waals surface area contributed by atoms with Crippen molar-refractivity contribution >= 4 is 16.8 Å². The number of rotatable bonds is 4. The molecule has 0 saturated carbocycles. The molecular weight excluding hydrogens is 291 g/mol. The second kappa shape index (κ2) is 6.78. The van der Waals surface area contributed by atoms with Crippen molar-refractivity contribution in [2.24, 2.45) is 17.1 Å². The Balaban J connectivity index is 2.23. The quantitative estimate of drug-likeness (QED) is 0.876. The van der Waals surface area contributed by atoms with Gasteiger partial charge in [-0.25, -0.2) is 4.39 Å². The van der Waals surface area contributed by atoms with Crippen LogP contribution < -0.4 is 5.73 Å². The van der Waals surface area contributed by atoms with Gasteiger partial charge in [-0.3, -0.25) is 9.78 Å². The van der Waals surface area contributed by atoms with Crippen molar-refractivity contribution in [1.29, 1.82) is 0 Å². The van der Waals surface area contributed by atoms with Gasteiger partial charge in [0.1, 0.15) is 11.3 Å². The largest absolute Gasteiger partial charge is 0.369 e. The number of halogens is 1. The number of carbonyl (C=O) groups excluding carboxylic acids is 1. The average Bonchev–Trinajstić information content (AvgIpc) is 2.46. The highest BCUT2D eigenvalue weighted by Crippen LogP contribution is 2.29. The topological polar surface area (TPSA) is 56.0 Å². The summed E-state index contributed by atoms with van der Waals surface area (Å²) in [6.45, 7) is 5.95. The molecule has 0 saturated heterocycles. The standard InChI is InChI=1S/C19H21FN2O/c1-13(2)11-19(3,18(21)23)9-5-6-14-10-15-7-4-8-16(20)17(15)22-12-14/h4,7-8,10,12-13H,9,11H2,1-3H3,(H2,21,23). The molecular formula is C19H21FN2O. The van der Waals surface area contributed by atoms with Crippen LogP contribution in [0.3, 0.4) is 0 Å². The third-order valence-electron chi connectivity index (χ3n) is 3.83. The molecule has 23 heavy (non-hydrogen) atoms. The summed E-state index contributed by atoms with van der Waals surface area (Å²) in [4.78, 5) is 15.8. The number of carbonyl (C=O) groups is 1. The molecule has 0 spiro atoms. The summed E-state index contributed by atoms with van der Waals surface area (Å²) in [5.41, 5.74) is 5.91. The summed E-state index contributed by atoms with van der Waals surface area (Å²) in [7, 11) is 0. The van der Waals surface area contributed by atoms with E-state index in [9.17, 15) is 9.18 Å². The fraction of sp³-hybridized carbons (Fsp3) is 0.368. The van der Waals surface area contributed by atoms with Gasteiger partial charge < -0.3 is 5.73 Å². The molecule has 0 aliphatic rings. The van der Waals surface area contributed by atoms with E-state index in [0.717, 1.165) is 0 Å². The number of hydrogen-bond donors (Lipinski definition) is 1. The van der Waals surface area contributed by atoms with Gasteiger partial charge in [0.25, 0.3) is 0 Å². The van der Waals surface area contributed by atoms with Crippen LogP contribution in [0.4, 0.5) is 4.39 Å². The number of benzene rings is 1. The number of aromatic nitrogens is 1. The lowest BCUT2D eigenvalue weighted by molar-refractivity contribution is -0.127. The van der Waals surface area contributed by atoms with Crippen molar-refractivity contribution < 1.29 is 9.18 Å². The summed E-state index contributed by atoms with van der Waals surface area (Å²) in [5.74, 6) is 5.70. The molecule has 1 amide bonds. The van der Waals surface area contributed by atoms with Gasteiger partial charge in [0, 0.05) is 23.6 Å². The highest BCUT2D eigenvalue weighted by Gasteiger charge is 2.30. The zero-order valence-electron chi connectivity index (χ0n) is 13.7. The van der Waals surface area contributed by atoms with Gasteiger partial charge in [-0.15, -0.1) is 0 Å². The molecule has 0 aliphatic carbocycles. The number of nitrogens with zero attached hydrogens (tertiary/aromatic N) is 1. The van der Waals surface area contributed by atoms with Gasteiger partial charge in [0.05, 0.1) is 5.41 Å². The molecule has 1 atom stereocenters. The van der Waals surface area contributed by atoms with Crippen LogP contribution in [0.1, 0.15) is 39.2 Å². The van der Waals surface area contributed by atoms with Gasteiger partial charge in [-0.05, 0) is 31.4 Å². The molecule has 1 aromatic carbocycles. The minimum atomic E-state index is -0.641. The first-order valence-corrected chi connectivity index (χ1v) is 7.65. The maximum absolute atomic E-state index is 13.6. The molecule has 1 unspecified atom stereocenters. The van der Waals surface area contributed by atoms with Crippen molar-refractivity contribution in [3.05, 3.63) is 41.8 Å². The fourth-order valence-corrected chi connectivity index (χ4v) is 2.69. The average molecular weight is 312 g/mol. The first-order chi connectivity index (χ1) is 10.8. The molecule has 0 bridgehead atoms. The summed E-state index contributed by atoms with van der Waals surface area (Å²) in [5, 5.41) is 0.705. The molecule has 2 aromatic rings. The predicted octanol–water partition coefficient (Wildman–Crippen LogP) is 3.65. The number of amides is 1. The molecule has 0 radical (unpaired) electrons. The van der Waals surface area contributed by atoms with Crippen LogP contribution in [0, 0.1) is 29.0 Å². The second-order valence-corrected chi connectivity index (χ2v) is 6.54. The van der Waals surface area contributed by atoms with E-state index >= 15 is 0 Å². The van der Waals surface area contributed by atoms with Crippen LogP contribution in [-0.4, -0.2) is 10.9 Å². The Labute approximate surface area is 136 Å². The monoisotopic (exact) mass is 312 g/mol. The number of para-hydroxylation sites is 1. The molecule has 1 heterocycles. The van der Waals surface area contributed by atoms with Crippen molar-refractivity contribution in [3.8, 4) is 11.8 Å². The van der Waals surface area contributed by atoms with E-state index in [2.05, 4.69) is 30.7 Å². The lowest BCUT2D eigenvalue weighted by atomic mass is 9.78. The number of nitrogens with two attached hydrogens (primary N) is 1. The van der Waals surface area contributed by atoms with Crippen LogP contribution in [0.2, 0.25) is 0 Å². The lowest BCUT2D eigenvalue weighted by Crippen LogP contribution is -2.35. The first-order valence-electron chi connectivity index (χ1n) is 7.65. The van der Waals surface area contributed by atoms with Crippen molar-refractivity contribution in [3.63, 3.8) is 0 Å². The highest BCUT2D eigenvalue weighted by atomic mass is 19.1.